The van der Waals surface area contributed by atoms with Gasteiger partial charge in [0.1, 0.15) is 0 Å². The van der Waals surface area contributed by atoms with Gasteiger partial charge in [-0.2, -0.15) is 0 Å². The fourth-order valence-corrected chi connectivity index (χ4v) is 3.74. The van der Waals surface area contributed by atoms with Crippen LogP contribution in [0.15, 0.2) is 24.3 Å². The summed E-state index contributed by atoms with van der Waals surface area (Å²) >= 11 is 1.61. The number of carbonyl (C=O) groups is 2. The Labute approximate surface area is 151 Å². The first-order valence-corrected chi connectivity index (χ1v) is 9.10. The maximum absolute atomic E-state index is 12.2. The monoisotopic (exact) mass is 359 g/mol. The van der Waals surface area contributed by atoms with Crippen LogP contribution in [0.2, 0.25) is 0 Å². The highest BCUT2D eigenvalue weighted by atomic mass is 32.1. The molecule has 1 N–H and O–H groups in total. The summed E-state index contributed by atoms with van der Waals surface area (Å²) in [6.07, 6.45) is 1.17. The number of aryl methyl sites for hydroxylation is 2. The van der Waals surface area contributed by atoms with Gasteiger partial charge in [0.15, 0.2) is 17.3 Å². The Bertz CT molecular complexity index is 797. The fourth-order valence-electron chi connectivity index (χ4n) is 2.80. The van der Waals surface area contributed by atoms with Crippen LogP contribution in [0.5, 0.6) is 11.5 Å². The number of hydrogen-bond acceptors (Lipinski definition) is 5. The zero-order chi connectivity index (χ0) is 17.8. The number of thiophene rings is 1. The molecule has 0 fully saturated rings. The predicted molar refractivity (Wildman–Crippen MR) is 96.6 cm³/mol. The largest absolute Gasteiger partial charge is 0.454 e. The summed E-state index contributed by atoms with van der Waals surface area (Å²) in [4.78, 5) is 26.3. The average Bonchev–Trinajstić information content (AvgIpc) is 3.18. The molecule has 0 bridgehead atoms. The van der Waals surface area contributed by atoms with Crippen molar-refractivity contribution in [1.82, 2.24) is 5.32 Å². The molecule has 25 heavy (non-hydrogen) atoms. The van der Waals surface area contributed by atoms with Crippen LogP contribution < -0.4 is 14.8 Å². The molecule has 2 aromatic rings. The van der Waals surface area contributed by atoms with E-state index in [1.165, 1.54) is 0 Å². The maximum atomic E-state index is 12.2. The second kappa shape index (κ2) is 7.70. The van der Waals surface area contributed by atoms with E-state index in [0.29, 0.717) is 13.0 Å². The number of ketones is 1. The lowest BCUT2D eigenvalue weighted by Gasteiger charge is -2.06. The molecule has 0 saturated carbocycles. The number of Topliss-reactive ketones (excluding diaryl/α,β-unsaturated/α-hetero) is 1. The summed E-state index contributed by atoms with van der Waals surface area (Å²) in [5.41, 5.74) is 1.82. The van der Waals surface area contributed by atoms with E-state index in [-0.39, 0.29) is 31.3 Å². The molecular formula is C19H21NO4S. The zero-order valence-electron chi connectivity index (χ0n) is 14.4. The Balaban J connectivity index is 1.41. The number of nitrogens with one attached hydrogen (secondary N) is 1. The Morgan fingerprint density at radius 1 is 1.12 bits per heavy atom. The molecule has 1 aliphatic heterocycles. The molecule has 5 nitrogen and oxygen atoms in total. The van der Waals surface area contributed by atoms with E-state index in [2.05, 4.69) is 5.32 Å². The quantitative estimate of drug-likeness (QED) is 0.770. The van der Waals surface area contributed by atoms with E-state index < -0.39 is 0 Å². The normalized spacial score (nSPS) is 12.2. The lowest BCUT2D eigenvalue weighted by Crippen LogP contribution is -2.26. The minimum atomic E-state index is -0.0984. The molecule has 0 spiro atoms. The lowest BCUT2D eigenvalue weighted by molar-refractivity contribution is -0.121. The summed E-state index contributed by atoms with van der Waals surface area (Å²) in [7, 11) is 0. The van der Waals surface area contributed by atoms with E-state index >= 15 is 0 Å². The molecule has 0 unspecified atom stereocenters. The molecule has 0 atom stereocenters. The molecule has 1 aliphatic rings. The van der Waals surface area contributed by atoms with Gasteiger partial charge in [0, 0.05) is 34.7 Å². The Kier molecular flexibility index (Phi) is 5.38. The average molecular weight is 359 g/mol. The van der Waals surface area contributed by atoms with Gasteiger partial charge in [-0.3, -0.25) is 9.59 Å². The van der Waals surface area contributed by atoms with Crippen LogP contribution in [-0.4, -0.2) is 25.0 Å². The third kappa shape index (κ3) is 4.39. The number of carbonyl (C=O) groups excluding carboxylic acids is 2. The summed E-state index contributed by atoms with van der Waals surface area (Å²) in [6, 6.07) is 7.67. The van der Waals surface area contributed by atoms with Crippen LogP contribution in [0.3, 0.4) is 0 Å². The standard InChI is InChI=1S/C19H21NO4S/c1-12-9-15(13(2)25-12)16(21)4-6-19(22)20-8-7-14-3-5-17-18(10-14)24-11-23-17/h3,5,9-10H,4,6-8,11H2,1-2H3,(H,20,22). The lowest BCUT2D eigenvalue weighted by atomic mass is 10.1. The number of benzene rings is 1. The van der Waals surface area contributed by atoms with Gasteiger partial charge in [-0.1, -0.05) is 6.07 Å². The summed E-state index contributed by atoms with van der Waals surface area (Å²) in [5, 5.41) is 2.86. The van der Waals surface area contributed by atoms with Crippen molar-refractivity contribution < 1.29 is 19.1 Å². The van der Waals surface area contributed by atoms with Crippen molar-refractivity contribution in [2.45, 2.75) is 33.1 Å². The molecular weight excluding hydrogens is 338 g/mol. The molecule has 0 saturated heterocycles. The number of rotatable bonds is 7. The molecule has 132 valence electrons. The molecule has 0 aliphatic carbocycles. The number of amides is 1. The summed E-state index contributed by atoms with van der Waals surface area (Å²) < 4.78 is 10.6. The minimum absolute atomic E-state index is 0.0350. The number of hydrogen-bond donors (Lipinski definition) is 1. The van der Waals surface area contributed by atoms with Crippen molar-refractivity contribution in [1.29, 1.82) is 0 Å². The first kappa shape index (κ1) is 17.5. The van der Waals surface area contributed by atoms with Crippen molar-refractivity contribution >= 4 is 23.0 Å². The number of fused-ring (bicyclic) bond motifs is 1. The maximum Gasteiger partial charge on any atom is 0.231 e. The van der Waals surface area contributed by atoms with E-state index in [0.717, 1.165) is 32.4 Å². The van der Waals surface area contributed by atoms with Gasteiger partial charge in [0.05, 0.1) is 0 Å². The Morgan fingerprint density at radius 3 is 2.68 bits per heavy atom. The van der Waals surface area contributed by atoms with Crippen LogP contribution in [0.1, 0.15) is 38.5 Å². The molecule has 6 heteroatoms. The highest BCUT2D eigenvalue weighted by molar-refractivity contribution is 7.12. The summed E-state index contributed by atoms with van der Waals surface area (Å²) in [6.45, 7) is 4.71. The second-order valence-electron chi connectivity index (χ2n) is 6.04. The van der Waals surface area contributed by atoms with Crippen LogP contribution in [0.25, 0.3) is 0 Å². The molecule has 0 radical (unpaired) electrons. The molecule has 3 rings (SSSR count). The first-order chi connectivity index (χ1) is 12.0. The van der Waals surface area contributed by atoms with Crippen molar-refractivity contribution in [3.8, 4) is 11.5 Å². The van der Waals surface area contributed by atoms with Crippen molar-refractivity contribution in [3.05, 3.63) is 45.1 Å². The van der Waals surface area contributed by atoms with Crippen molar-refractivity contribution in [2.24, 2.45) is 0 Å². The third-order valence-corrected chi connectivity index (χ3v) is 5.06. The van der Waals surface area contributed by atoms with Crippen molar-refractivity contribution in [3.63, 3.8) is 0 Å². The molecule has 1 aromatic carbocycles. The van der Waals surface area contributed by atoms with E-state index in [4.69, 9.17) is 9.47 Å². The SMILES string of the molecule is Cc1cc(C(=O)CCC(=O)NCCc2ccc3c(c2)OCO3)c(C)s1. The van der Waals surface area contributed by atoms with Gasteiger partial charge in [-0.25, -0.2) is 0 Å². The van der Waals surface area contributed by atoms with Gasteiger partial charge in [-0.05, 0) is 44.0 Å². The molecule has 1 aromatic heterocycles. The topological polar surface area (TPSA) is 64.6 Å². The second-order valence-corrected chi connectivity index (χ2v) is 7.50. The van der Waals surface area contributed by atoms with Crippen LogP contribution in [-0.2, 0) is 11.2 Å². The van der Waals surface area contributed by atoms with Crippen molar-refractivity contribution in [2.75, 3.05) is 13.3 Å². The van der Waals surface area contributed by atoms with Crippen LogP contribution >= 0.6 is 11.3 Å². The minimum Gasteiger partial charge on any atom is -0.454 e. The smallest absolute Gasteiger partial charge is 0.231 e. The van der Waals surface area contributed by atoms with Gasteiger partial charge in [0.25, 0.3) is 0 Å². The fraction of sp³-hybridized carbons (Fsp3) is 0.368. The Hall–Kier alpha value is -2.34. The van der Waals surface area contributed by atoms with E-state index in [9.17, 15) is 9.59 Å². The summed E-state index contributed by atoms with van der Waals surface area (Å²) in [5.74, 6) is 1.44. The van der Waals surface area contributed by atoms with E-state index in [1.807, 2.05) is 38.1 Å². The third-order valence-electron chi connectivity index (χ3n) is 4.09. The predicted octanol–water partition coefficient (Wildman–Crippen LogP) is 3.42. The highest BCUT2D eigenvalue weighted by Crippen LogP contribution is 2.32. The van der Waals surface area contributed by atoms with Gasteiger partial charge in [-0.15, -0.1) is 11.3 Å². The highest BCUT2D eigenvalue weighted by Gasteiger charge is 2.15. The van der Waals surface area contributed by atoms with Gasteiger partial charge >= 0.3 is 0 Å². The van der Waals surface area contributed by atoms with Crippen LogP contribution in [0, 0.1) is 13.8 Å². The molecule has 1 amide bonds. The van der Waals surface area contributed by atoms with Crippen LogP contribution in [0.4, 0.5) is 0 Å². The van der Waals surface area contributed by atoms with E-state index in [1.54, 1.807) is 11.3 Å². The first-order valence-electron chi connectivity index (χ1n) is 8.28. The van der Waals surface area contributed by atoms with Gasteiger partial charge in [0.2, 0.25) is 12.7 Å². The zero-order valence-corrected chi connectivity index (χ0v) is 15.2. The molecule has 2 heterocycles. The number of ether oxygens (including phenoxy) is 2. The Morgan fingerprint density at radius 2 is 1.92 bits per heavy atom. The van der Waals surface area contributed by atoms with Gasteiger partial charge < -0.3 is 14.8 Å².